The molecule has 2 aromatic carbocycles. The van der Waals surface area contributed by atoms with Crippen molar-refractivity contribution in [3.8, 4) is 0 Å². The molecule has 0 saturated heterocycles. The van der Waals surface area contributed by atoms with Crippen molar-refractivity contribution >= 4 is 21.6 Å². The summed E-state index contributed by atoms with van der Waals surface area (Å²) in [5.74, 6) is -0.771. The van der Waals surface area contributed by atoms with E-state index in [2.05, 4.69) is 10.0 Å². The van der Waals surface area contributed by atoms with E-state index in [1.807, 2.05) is 18.2 Å². The SMILES string of the molecule is O=C(CCNS(=O)(=O)c1ccc(F)cc1)Nc1ccc2c(c1)CCC2. The van der Waals surface area contributed by atoms with E-state index in [4.69, 9.17) is 0 Å². The lowest BCUT2D eigenvalue weighted by atomic mass is 10.1. The predicted molar refractivity (Wildman–Crippen MR) is 93.3 cm³/mol. The maximum atomic E-state index is 12.9. The molecule has 1 aliphatic carbocycles. The van der Waals surface area contributed by atoms with Crippen molar-refractivity contribution in [2.45, 2.75) is 30.6 Å². The zero-order valence-electron chi connectivity index (χ0n) is 13.6. The van der Waals surface area contributed by atoms with Gasteiger partial charge in [0.15, 0.2) is 0 Å². The van der Waals surface area contributed by atoms with Gasteiger partial charge in [0.25, 0.3) is 0 Å². The summed E-state index contributed by atoms with van der Waals surface area (Å²) in [5.41, 5.74) is 3.31. The van der Waals surface area contributed by atoms with Crippen LogP contribution >= 0.6 is 0 Å². The van der Waals surface area contributed by atoms with Crippen molar-refractivity contribution in [3.63, 3.8) is 0 Å². The molecule has 0 heterocycles. The van der Waals surface area contributed by atoms with Crippen molar-refractivity contribution in [1.82, 2.24) is 4.72 Å². The van der Waals surface area contributed by atoms with Crippen LogP contribution in [0.2, 0.25) is 0 Å². The standard InChI is InChI=1S/C18H19FN2O3S/c19-15-5-8-17(9-6-15)25(23,24)20-11-10-18(22)21-16-7-4-13-2-1-3-14(13)12-16/h4-9,12,20H,1-3,10-11H2,(H,21,22). The third-order valence-corrected chi connectivity index (χ3v) is 5.63. The molecule has 0 bridgehead atoms. The monoisotopic (exact) mass is 362 g/mol. The van der Waals surface area contributed by atoms with Crippen LogP contribution < -0.4 is 10.0 Å². The van der Waals surface area contributed by atoms with Crippen molar-refractivity contribution in [1.29, 1.82) is 0 Å². The molecule has 1 amide bonds. The van der Waals surface area contributed by atoms with Gasteiger partial charge in [0, 0.05) is 18.7 Å². The topological polar surface area (TPSA) is 75.3 Å². The third kappa shape index (κ3) is 4.43. The Hall–Kier alpha value is -2.25. The number of nitrogens with one attached hydrogen (secondary N) is 2. The second-order valence-corrected chi connectivity index (χ2v) is 7.75. The van der Waals surface area contributed by atoms with Crippen molar-refractivity contribution in [2.24, 2.45) is 0 Å². The number of fused-ring (bicyclic) bond motifs is 1. The summed E-state index contributed by atoms with van der Waals surface area (Å²) >= 11 is 0. The molecule has 132 valence electrons. The molecule has 0 fully saturated rings. The number of anilines is 1. The Morgan fingerprint density at radius 2 is 1.76 bits per heavy atom. The highest BCUT2D eigenvalue weighted by molar-refractivity contribution is 7.89. The Labute approximate surface area is 146 Å². The van der Waals surface area contributed by atoms with Crippen LogP contribution in [0, 0.1) is 5.82 Å². The third-order valence-electron chi connectivity index (χ3n) is 4.15. The molecule has 0 aliphatic heterocycles. The molecule has 0 spiro atoms. The first kappa shape index (κ1) is 17.6. The van der Waals surface area contributed by atoms with Gasteiger partial charge in [-0.05, 0) is 66.8 Å². The lowest BCUT2D eigenvalue weighted by Gasteiger charge is -2.09. The quantitative estimate of drug-likeness (QED) is 0.829. The van der Waals surface area contributed by atoms with E-state index >= 15 is 0 Å². The number of carbonyl (C=O) groups is 1. The number of amides is 1. The Balaban J connectivity index is 1.51. The van der Waals surface area contributed by atoms with Crippen molar-refractivity contribution in [3.05, 3.63) is 59.4 Å². The van der Waals surface area contributed by atoms with Crippen LogP contribution in [0.5, 0.6) is 0 Å². The summed E-state index contributed by atoms with van der Waals surface area (Å²) in [7, 11) is -3.75. The highest BCUT2D eigenvalue weighted by Crippen LogP contribution is 2.24. The molecule has 25 heavy (non-hydrogen) atoms. The van der Waals surface area contributed by atoms with Gasteiger partial charge in [-0.3, -0.25) is 4.79 Å². The van der Waals surface area contributed by atoms with Gasteiger partial charge in [-0.25, -0.2) is 17.5 Å². The van der Waals surface area contributed by atoms with E-state index in [9.17, 15) is 17.6 Å². The summed E-state index contributed by atoms with van der Waals surface area (Å²) in [4.78, 5) is 11.9. The fourth-order valence-corrected chi connectivity index (χ4v) is 3.90. The van der Waals surface area contributed by atoms with Gasteiger partial charge in [0.2, 0.25) is 15.9 Å². The zero-order valence-corrected chi connectivity index (χ0v) is 14.4. The Morgan fingerprint density at radius 1 is 1.04 bits per heavy atom. The van der Waals surface area contributed by atoms with Crippen molar-refractivity contribution < 1.29 is 17.6 Å². The molecule has 0 radical (unpaired) electrons. The molecule has 2 aromatic rings. The molecule has 0 atom stereocenters. The largest absolute Gasteiger partial charge is 0.326 e. The van der Waals surface area contributed by atoms with Gasteiger partial charge in [-0.1, -0.05) is 6.07 Å². The molecule has 7 heteroatoms. The molecule has 0 aromatic heterocycles. The van der Waals surface area contributed by atoms with Gasteiger partial charge in [-0.2, -0.15) is 0 Å². The first-order valence-electron chi connectivity index (χ1n) is 8.11. The minimum atomic E-state index is -3.75. The maximum absolute atomic E-state index is 12.9. The van der Waals surface area contributed by atoms with Gasteiger partial charge in [0.1, 0.15) is 5.82 Å². The van der Waals surface area contributed by atoms with E-state index in [-0.39, 0.29) is 23.8 Å². The Bertz CT molecular complexity index is 880. The molecular weight excluding hydrogens is 343 g/mol. The summed E-state index contributed by atoms with van der Waals surface area (Å²) in [6, 6.07) is 10.4. The first-order chi connectivity index (χ1) is 11.9. The predicted octanol–water partition coefficient (Wildman–Crippen LogP) is 2.62. The molecule has 5 nitrogen and oxygen atoms in total. The fraction of sp³-hybridized carbons (Fsp3) is 0.278. The summed E-state index contributed by atoms with van der Waals surface area (Å²) in [5, 5.41) is 2.78. The van der Waals surface area contributed by atoms with Crippen LogP contribution in [0.4, 0.5) is 10.1 Å². The van der Waals surface area contributed by atoms with E-state index in [0.717, 1.165) is 37.1 Å². The number of halogens is 1. The van der Waals surface area contributed by atoms with Gasteiger partial charge >= 0.3 is 0 Å². The van der Waals surface area contributed by atoms with Crippen LogP contribution in [0.3, 0.4) is 0 Å². The maximum Gasteiger partial charge on any atom is 0.240 e. The first-order valence-corrected chi connectivity index (χ1v) is 9.59. The van der Waals surface area contributed by atoms with Crippen molar-refractivity contribution in [2.75, 3.05) is 11.9 Å². The second-order valence-electron chi connectivity index (χ2n) is 5.99. The van der Waals surface area contributed by atoms with E-state index in [1.54, 1.807) is 0 Å². The van der Waals surface area contributed by atoms with E-state index in [0.29, 0.717) is 0 Å². The Kier molecular flexibility index (Phi) is 5.15. The number of carbonyl (C=O) groups excluding carboxylic acids is 1. The summed E-state index contributed by atoms with van der Waals surface area (Å²) < 4.78 is 39.3. The average Bonchev–Trinajstić information content (AvgIpc) is 3.02. The number of sulfonamides is 1. The normalized spacial score (nSPS) is 13.5. The fourth-order valence-electron chi connectivity index (χ4n) is 2.87. The van der Waals surface area contributed by atoms with Crippen LogP contribution in [0.15, 0.2) is 47.4 Å². The lowest BCUT2D eigenvalue weighted by molar-refractivity contribution is -0.116. The van der Waals surface area contributed by atoms with E-state index in [1.165, 1.54) is 23.3 Å². The number of hydrogen-bond acceptors (Lipinski definition) is 3. The molecule has 2 N–H and O–H groups in total. The minimum absolute atomic E-state index is 0.0114. The second kappa shape index (κ2) is 7.33. The number of rotatable bonds is 6. The Morgan fingerprint density at radius 3 is 2.52 bits per heavy atom. The van der Waals surface area contributed by atoms with Gasteiger partial charge in [0.05, 0.1) is 4.90 Å². The van der Waals surface area contributed by atoms with E-state index < -0.39 is 15.8 Å². The number of aryl methyl sites for hydroxylation is 2. The summed E-state index contributed by atoms with van der Waals surface area (Å²) in [6.07, 6.45) is 3.25. The molecular formula is C18H19FN2O3S. The molecule has 0 saturated carbocycles. The number of hydrogen-bond donors (Lipinski definition) is 2. The van der Waals surface area contributed by atoms with Crippen LogP contribution in [-0.4, -0.2) is 20.9 Å². The zero-order chi connectivity index (χ0) is 17.9. The lowest BCUT2D eigenvalue weighted by Crippen LogP contribution is -2.27. The smallest absolute Gasteiger partial charge is 0.240 e. The van der Waals surface area contributed by atoms with Crippen LogP contribution in [0.25, 0.3) is 0 Å². The van der Waals surface area contributed by atoms with Gasteiger partial charge < -0.3 is 5.32 Å². The number of benzene rings is 2. The molecule has 0 unspecified atom stereocenters. The highest BCUT2D eigenvalue weighted by Gasteiger charge is 2.15. The average molecular weight is 362 g/mol. The minimum Gasteiger partial charge on any atom is -0.326 e. The summed E-state index contributed by atoms with van der Waals surface area (Å²) in [6.45, 7) is -0.0313. The molecule has 3 rings (SSSR count). The highest BCUT2D eigenvalue weighted by atomic mass is 32.2. The molecule has 1 aliphatic rings. The van der Waals surface area contributed by atoms with Crippen LogP contribution in [0.1, 0.15) is 24.0 Å². The van der Waals surface area contributed by atoms with Gasteiger partial charge in [-0.15, -0.1) is 0 Å². The van der Waals surface area contributed by atoms with Crippen LogP contribution in [-0.2, 0) is 27.7 Å².